The maximum Gasteiger partial charge on any atom is 0.165 e. The molecule has 0 spiro atoms. The van der Waals surface area contributed by atoms with Crippen molar-refractivity contribution in [3.63, 3.8) is 0 Å². The summed E-state index contributed by atoms with van der Waals surface area (Å²) in [7, 11) is 1.62. The number of ether oxygens (including phenoxy) is 1. The molecule has 0 saturated carbocycles. The van der Waals surface area contributed by atoms with Gasteiger partial charge in [-0.2, -0.15) is 5.10 Å². The van der Waals surface area contributed by atoms with Crippen molar-refractivity contribution < 1.29 is 9.53 Å². The number of hydrogen-bond acceptors (Lipinski definition) is 5. The van der Waals surface area contributed by atoms with Crippen molar-refractivity contribution in [2.24, 2.45) is 5.10 Å². The van der Waals surface area contributed by atoms with Crippen LogP contribution in [0.15, 0.2) is 29.4 Å². The van der Waals surface area contributed by atoms with Gasteiger partial charge in [-0.05, 0) is 37.6 Å². The summed E-state index contributed by atoms with van der Waals surface area (Å²) < 4.78 is 5.18. The first-order valence-electron chi connectivity index (χ1n) is 5.85. The van der Waals surface area contributed by atoms with E-state index in [1.807, 2.05) is 31.2 Å². The van der Waals surface area contributed by atoms with Crippen LogP contribution in [-0.4, -0.2) is 24.1 Å². The lowest BCUT2D eigenvalue weighted by Gasteiger charge is -2.07. The molecule has 0 bridgehead atoms. The highest BCUT2D eigenvalue weighted by Gasteiger charge is 2.04. The van der Waals surface area contributed by atoms with E-state index in [1.54, 1.807) is 14.0 Å². The molecule has 0 radical (unpaired) electrons. The molecular weight excluding hydrogens is 242 g/mol. The molecular formula is C14H15N3O2. The monoisotopic (exact) mass is 257 g/mol. The molecule has 0 aliphatic rings. The van der Waals surface area contributed by atoms with Gasteiger partial charge in [0, 0.05) is 11.5 Å². The molecule has 0 atom stereocenters. The normalized spacial score (nSPS) is 11.4. The van der Waals surface area contributed by atoms with E-state index in [0.29, 0.717) is 17.8 Å². The Bertz CT molecular complexity index is 650. The number of hydrazone groups is 1. The van der Waals surface area contributed by atoms with Gasteiger partial charge in [0.25, 0.3) is 0 Å². The molecule has 0 fully saturated rings. The maximum atomic E-state index is 10.5. The second-order valence-corrected chi connectivity index (χ2v) is 4.19. The Balaban J connectivity index is 2.44. The van der Waals surface area contributed by atoms with E-state index >= 15 is 0 Å². The zero-order valence-electron chi connectivity index (χ0n) is 11.1. The predicted octanol–water partition coefficient (Wildman–Crippen LogP) is 2.54. The second-order valence-electron chi connectivity index (χ2n) is 4.19. The molecule has 19 heavy (non-hydrogen) atoms. The van der Waals surface area contributed by atoms with E-state index in [-0.39, 0.29) is 0 Å². The van der Waals surface area contributed by atoms with Gasteiger partial charge >= 0.3 is 0 Å². The molecule has 1 aromatic heterocycles. The Hall–Kier alpha value is -2.43. The summed E-state index contributed by atoms with van der Waals surface area (Å²) >= 11 is 0. The molecule has 2 rings (SSSR count). The number of carbonyl (C=O) groups excluding carboxylic acids is 1. The lowest BCUT2D eigenvalue weighted by molar-refractivity contribution is -0.102. The third-order valence-electron chi connectivity index (χ3n) is 2.74. The van der Waals surface area contributed by atoms with Gasteiger partial charge in [-0.3, -0.25) is 10.2 Å². The SMILES string of the molecule is COc1ccc2c(C)cc(N/N=C(\C)C=O)nc2c1. The molecule has 1 heterocycles. The molecule has 0 saturated heterocycles. The predicted molar refractivity (Wildman–Crippen MR) is 75.8 cm³/mol. The lowest BCUT2D eigenvalue weighted by atomic mass is 10.1. The number of pyridine rings is 1. The smallest absolute Gasteiger partial charge is 0.165 e. The molecule has 1 N–H and O–H groups in total. The number of hydrogen-bond donors (Lipinski definition) is 1. The van der Waals surface area contributed by atoms with Crippen LogP contribution < -0.4 is 10.2 Å². The van der Waals surface area contributed by atoms with Crippen LogP contribution in [-0.2, 0) is 4.79 Å². The number of aromatic nitrogens is 1. The van der Waals surface area contributed by atoms with E-state index < -0.39 is 0 Å². The number of nitrogens with zero attached hydrogens (tertiary/aromatic N) is 2. The second kappa shape index (κ2) is 5.48. The van der Waals surface area contributed by atoms with E-state index in [9.17, 15) is 4.79 Å². The summed E-state index contributed by atoms with van der Waals surface area (Å²) in [6, 6.07) is 7.62. The van der Waals surface area contributed by atoms with Crippen LogP contribution in [0, 0.1) is 6.92 Å². The molecule has 1 aromatic carbocycles. The molecule has 98 valence electrons. The minimum Gasteiger partial charge on any atom is -0.497 e. The Morgan fingerprint density at radius 1 is 1.42 bits per heavy atom. The summed E-state index contributed by atoms with van der Waals surface area (Å²) in [4.78, 5) is 14.9. The van der Waals surface area contributed by atoms with E-state index in [2.05, 4.69) is 15.5 Å². The molecule has 0 aliphatic heterocycles. The molecule has 0 amide bonds. The van der Waals surface area contributed by atoms with Crippen LogP contribution in [0.5, 0.6) is 5.75 Å². The fraction of sp³-hybridized carbons (Fsp3) is 0.214. The zero-order valence-corrected chi connectivity index (χ0v) is 11.1. The average Bonchev–Trinajstić information content (AvgIpc) is 2.44. The number of benzene rings is 1. The number of carbonyl (C=O) groups is 1. The van der Waals surface area contributed by atoms with Crippen LogP contribution in [0.3, 0.4) is 0 Å². The van der Waals surface area contributed by atoms with E-state index in [4.69, 9.17) is 4.74 Å². The molecule has 5 nitrogen and oxygen atoms in total. The largest absolute Gasteiger partial charge is 0.497 e. The van der Waals surface area contributed by atoms with Gasteiger partial charge in [-0.25, -0.2) is 4.98 Å². The van der Waals surface area contributed by atoms with Crippen LogP contribution in [0.2, 0.25) is 0 Å². The fourth-order valence-electron chi connectivity index (χ4n) is 1.74. The van der Waals surface area contributed by atoms with Gasteiger partial charge in [0.1, 0.15) is 11.6 Å². The van der Waals surface area contributed by atoms with Gasteiger partial charge in [0.2, 0.25) is 0 Å². The first-order valence-corrected chi connectivity index (χ1v) is 5.85. The maximum absolute atomic E-state index is 10.5. The summed E-state index contributed by atoms with van der Waals surface area (Å²) in [5.41, 5.74) is 5.03. The van der Waals surface area contributed by atoms with Crippen LogP contribution in [0.25, 0.3) is 10.9 Å². The number of anilines is 1. The Labute approximate surface area is 111 Å². The Kier molecular flexibility index (Phi) is 3.75. The number of nitrogens with one attached hydrogen (secondary N) is 1. The Morgan fingerprint density at radius 3 is 2.89 bits per heavy atom. The van der Waals surface area contributed by atoms with Crippen LogP contribution in [0.4, 0.5) is 5.82 Å². The highest BCUT2D eigenvalue weighted by molar-refractivity contribution is 6.27. The third kappa shape index (κ3) is 2.88. The summed E-state index contributed by atoms with van der Waals surface area (Å²) in [5, 5.41) is 4.97. The van der Waals surface area contributed by atoms with E-state index in [0.717, 1.165) is 22.2 Å². The number of fused-ring (bicyclic) bond motifs is 1. The number of rotatable bonds is 4. The zero-order chi connectivity index (χ0) is 13.8. The topological polar surface area (TPSA) is 63.6 Å². The molecule has 5 heteroatoms. The summed E-state index contributed by atoms with van der Waals surface area (Å²) in [6.07, 6.45) is 0.684. The Morgan fingerprint density at radius 2 is 2.21 bits per heavy atom. The van der Waals surface area contributed by atoms with Crippen molar-refractivity contribution in [3.8, 4) is 5.75 Å². The summed E-state index contributed by atoms with van der Waals surface area (Å²) in [5.74, 6) is 1.35. The van der Waals surface area contributed by atoms with Gasteiger partial charge in [0.05, 0.1) is 18.3 Å². The number of methoxy groups -OCH3 is 1. The van der Waals surface area contributed by atoms with Crippen molar-refractivity contribution in [1.82, 2.24) is 4.98 Å². The third-order valence-corrected chi connectivity index (χ3v) is 2.74. The first-order chi connectivity index (χ1) is 9.13. The van der Waals surface area contributed by atoms with Crippen molar-refractivity contribution in [1.29, 1.82) is 0 Å². The van der Waals surface area contributed by atoms with E-state index in [1.165, 1.54) is 0 Å². The molecule has 0 aliphatic carbocycles. The van der Waals surface area contributed by atoms with Crippen molar-refractivity contribution in [3.05, 3.63) is 29.8 Å². The highest BCUT2D eigenvalue weighted by Crippen LogP contribution is 2.24. The van der Waals surface area contributed by atoms with Gasteiger partial charge < -0.3 is 4.74 Å². The minimum absolute atomic E-state index is 0.366. The van der Waals surface area contributed by atoms with Crippen molar-refractivity contribution in [2.75, 3.05) is 12.5 Å². The van der Waals surface area contributed by atoms with Crippen LogP contribution in [0.1, 0.15) is 12.5 Å². The molecule has 0 unspecified atom stereocenters. The van der Waals surface area contributed by atoms with Crippen LogP contribution >= 0.6 is 0 Å². The van der Waals surface area contributed by atoms with Crippen molar-refractivity contribution >= 4 is 28.7 Å². The lowest BCUT2D eigenvalue weighted by Crippen LogP contribution is -2.00. The quantitative estimate of drug-likeness (QED) is 0.519. The fourth-order valence-corrected chi connectivity index (χ4v) is 1.74. The van der Waals surface area contributed by atoms with Gasteiger partial charge in [-0.1, -0.05) is 0 Å². The van der Waals surface area contributed by atoms with Gasteiger partial charge in [0.15, 0.2) is 6.29 Å². The first kappa shape index (κ1) is 13.0. The van der Waals surface area contributed by atoms with Crippen molar-refractivity contribution in [2.45, 2.75) is 13.8 Å². The van der Waals surface area contributed by atoms with Gasteiger partial charge in [-0.15, -0.1) is 0 Å². The molecule has 2 aromatic rings. The average molecular weight is 257 g/mol. The standard InChI is InChI=1S/C14H15N3O2/c1-9-6-14(17-16-10(2)8-18)15-13-7-11(19-3)4-5-12(9)13/h4-8H,1-3H3,(H,15,17)/b16-10+. The number of aldehydes is 1. The highest BCUT2D eigenvalue weighted by atomic mass is 16.5. The summed E-state index contributed by atoms with van der Waals surface area (Å²) in [6.45, 7) is 3.62. The number of aryl methyl sites for hydroxylation is 1. The minimum atomic E-state index is 0.366.